The molecule has 0 amide bonds. The Balaban J connectivity index is 0.000000125. The summed E-state index contributed by atoms with van der Waals surface area (Å²) in [6.45, 7) is 9.56. The molecule has 0 bridgehead atoms. The lowest BCUT2D eigenvalue weighted by Gasteiger charge is -2.29. The number of nitrogens with zero attached hydrogens (tertiary/aromatic N) is 22. The molecule has 128 heavy (non-hydrogen) atoms. The van der Waals surface area contributed by atoms with E-state index in [1.54, 1.807) is 67.8 Å². The van der Waals surface area contributed by atoms with Crippen molar-refractivity contribution >= 4 is 132 Å². The Morgan fingerprint density at radius 2 is 0.727 bits per heavy atom. The summed E-state index contributed by atoms with van der Waals surface area (Å²) in [7, 11) is -8.83. The molecule has 19 rings (SSSR count). The molecule has 4 aliphatic heterocycles. The number of hydrogen-bond donors (Lipinski definition) is 4. The lowest BCUT2D eigenvalue weighted by Crippen LogP contribution is -2.41. The van der Waals surface area contributed by atoms with Gasteiger partial charge in [0.2, 0.25) is 5.88 Å². The molecule has 4 aliphatic rings. The van der Waals surface area contributed by atoms with Gasteiger partial charge in [-0.25, -0.2) is 58.6 Å². The van der Waals surface area contributed by atoms with Crippen molar-refractivity contribution in [3.63, 3.8) is 0 Å². The second-order valence-corrected chi connectivity index (χ2v) is 40.3. The number of methoxy groups -OCH3 is 1. The molecule has 0 saturated carbocycles. The summed E-state index contributed by atoms with van der Waals surface area (Å²) in [6.07, 6.45) is 23.0. The van der Waals surface area contributed by atoms with Crippen molar-refractivity contribution in [1.82, 2.24) is 87.5 Å². The summed E-state index contributed by atoms with van der Waals surface area (Å²) >= 11 is 0. The third kappa shape index (κ3) is 17.6. The molecule has 15 aromatic rings. The minimum atomic E-state index is -3.09. The van der Waals surface area contributed by atoms with Crippen LogP contribution in [0.2, 0.25) is 0 Å². The molecule has 43 heteroatoms. The first-order valence-electron chi connectivity index (χ1n) is 40.4. The van der Waals surface area contributed by atoms with Crippen LogP contribution in [0.25, 0.3) is 95.3 Å². The Labute approximate surface area is 733 Å². The van der Waals surface area contributed by atoms with E-state index in [1.165, 1.54) is 45.8 Å². The van der Waals surface area contributed by atoms with Crippen LogP contribution in [0.5, 0.6) is 5.88 Å². The highest BCUT2D eigenvalue weighted by atomic mass is 32.2. The number of Topliss-reactive ketones (excluding diaryl/α,β-unsaturated/α-hetero) is 4. The van der Waals surface area contributed by atoms with Gasteiger partial charge in [0.25, 0.3) is 0 Å². The van der Waals surface area contributed by atoms with Crippen molar-refractivity contribution in [3.05, 3.63) is 193 Å². The Kier molecular flexibility index (Phi) is 23.7. The second kappa shape index (κ2) is 34.8. The van der Waals surface area contributed by atoms with Crippen molar-refractivity contribution in [2.24, 2.45) is 7.05 Å². The van der Waals surface area contributed by atoms with Gasteiger partial charge in [0.15, 0.2) is 85.1 Å². The minimum absolute atomic E-state index is 0.00478. The van der Waals surface area contributed by atoms with Gasteiger partial charge >= 0.3 is 0 Å². The molecule has 0 spiro atoms. The number of rotatable bonds is 16. The van der Waals surface area contributed by atoms with E-state index in [0.29, 0.717) is 57.3 Å². The molecule has 0 atom stereocenters. The third-order valence-electron chi connectivity index (χ3n) is 22.5. The van der Waals surface area contributed by atoms with Crippen molar-refractivity contribution in [3.8, 4) is 78.6 Å². The first-order valence-corrected chi connectivity index (χ1v) is 47.7. The zero-order valence-corrected chi connectivity index (χ0v) is 73.8. The predicted octanol–water partition coefficient (Wildman–Crippen LogP) is 7.02. The predicted molar refractivity (Wildman–Crippen MR) is 486 cm³/mol. The lowest BCUT2D eigenvalue weighted by atomic mass is 10.1. The largest absolute Gasteiger partial charge is 0.481 e. The normalized spacial score (nSPS) is 15.8. The number of aryl methyl sites for hydroxylation is 2. The number of carbonyl (C=O) groups excluding carboxylic acids is 4. The van der Waals surface area contributed by atoms with Gasteiger partial charge in [-0.05, 0) is 77.1 Å². The molecule has 4 saturated heterocycles. The number of hydrogen-bond acceptors (Lipinski definition) is 33. The number of fused-ring (bicyclic) bond motifs is 4. The van der Waals surface area contributed by atoms with E-state index in [4.69, 9.17) is 47.6 Å². The molecule has 18 heterocycles. The van der Waals surface area contributed by atoms with Crippen molar-refractivity contribution < 1.29 is 57.6 Å². The molecule has 0 unspecified atom stereocenters. The van der Waals surface area contributed by atoms with E-state index < -0.39 is 39.3 Å². The van der Waals surface area contributed by atoms with Crippen LogP contribution in [-0.4, -0.2) is 250 Å². The van der Waals surface area contributed by atoms with Crippen LogP contribution < -0.4 is 47.3 Å². The van der Waals surface area contributed by atoms with Crippen LogP contribution in [0.15, 0.2) is 165 Å². The molecule has 660 valence electrons. The number of carbonyl (C=O) groups is 4. The van der Waals surface area contributed by atoms with Gasteiger partial charge in [0, 0.05) is 170 Å². The second-order valence-electron chi connectivity index (χ2n) is 31.1. The van der Waals surface area contributed by atoms with Gasteiger partial charge in [-0.15, -0.1) is 0 Å². The zero-order chi connectivity index (χ0) is 90.6. The van der Waals surface area contributed by atoms with Crippen LogP contribution >= 0.6 is 0 Å². The molecule has 14 aromatic heterocycles. The van der Waals surface area contributed by atoms with Gasteiger partial charge < -0.3 is 56.4 Å². The quantitative estimate of drug-likeness (QED) is 0.0705. The smallest absolute Gasteiger partial charge is 0.215 e. The Morgan fingerprint density at radius 3 is 1.05 bits per heavy atom. The van der Waals surface area contributed by atoms with Gasteiger partial charge in [-0.1, -0.05) is 42.5 Å². The van der Waals surface area contributed by atoms with E-state index in [2.05, 4.69) is 40.3 Å². The standard InChI is InChI=1S/C23H22N6O3S.C22H23N7O3S.C21H21N7O3S.C19H22N6O4S/c1-15(30)20-21(24)29-22(27-23(20)28-9-11-33(31,32)12-10-28)18(14-26-29)17-7-8-19(25-13-17)16-5-3-2-4-6-16;1-14(30)19-20(23)29-21(26-22(19)28-7-9-33(31,32)10-8-28)17(12-25-29)15-3-4-18(24-11-15)16-5-6-27(2)13-16;1-14(29)18-19(22)28-20(25-21(18)26-7-9-32(30,31)10-8-26)17(12-24-28)15-4-6-27(13-15)16-3-2-5-23-11-16;1-11-8-13(9-21-19(11)29-3)14-10-22-25-16(20)15(12(2)26)18(23-17(14)25)24-4-6-30(27,28)7-5-24/h2-8,13-14H,9-12,24H2,1H3;3-6,11-13H,7-10,23H2,1-2H3;2-6,11-13H,7-10,22H2,1H3;8-10H,4-7,20H2,1-3H3. The number of anilines is 8. The van der Waals surface area contributed by atoms with Crippen LogP contribution in [0.1, 0.15) is 74.7 Å². The Bertz CT molecular complexity index is 7350. The highest BCUT2D eigenvalue weighted by Gasteiger charge is 2.35. The fourth-order valence-corrected chi connectivity index (χ4v) is 20.5. The third-order valence-corrected chi connectivity index (χ3v) is 28.9. The first-order chi connectivity index (χ1) is 61.1. The van der Waals surface area contributed by atoms with Crippen LogP contribution in [0.4, 0.5) is 46.5 Å². The van der Waals surface area contributed by atoms with Gasteiger partial charge in [0.1, 0.15) is 68.8 Å². The van der Waals surface area contributed by atoms with Gasteiger partial charge in [0.05, 0.1) is 101 Å². The lowest BCUT2D eigenvalue weighted by molar-refractivity contribution is 0.100. The topological polar surface area (TPSA) is 513 Å². The fraction of sp³-hybridized carbons (Fsp3) is 0.271. The average molecular weight is 1810 g/mol. The molecular formula is C85H88N26O13S4. The molecule has 39 nitrogen and oxygen atoms in total. The molecular weight excluding hydrogens is 1720 g/mol. The number of pyridine rings is 4. The number of sulfone groups is 4. The number of aromatic nitrogens is 18. The fourth-order valence-electron chi connectivity index (χ4n) is 15.6. The van der Waals surface area contributed by atoms with Crippen LogP contribution in [0, 0.1) is 6.92 Å². The average Bonchev–Trinajstić information content (AvgIpc) is 1.63. The zero-order valence-electron chi connectivity index (χ0n) is 70.5. The van der Waals surface area contributed by atoms with Gasteiger partial charge in [-0.3, -0.25) is 34.1 Å². The summed E-state index contributed by atoms with van der Waals surface area (Å²) in [5.41, 5.74) is 39.9. The highest BCUT2D eigenvalue weighted by molar-refractivity contribution is 7.92. The molecule has 0 aliphatic carbocycles. The maximum atomic E-state index is 12.4. The molecule has 1 aromatic carbocycles. The molecule has 0 radical (unpaired) electrons. The van der Waals surface area contributed by atoms with Crippen LogP contribution in [0.3, 0.4) is 0 Å². The molecule has 4 fully saturated rings. The number of ketones is 4. The maximum absolute atomic E-state index is 12.4. The van der Waals surface area contributed by atoms with Crippen LogP contribution in [-0.2, 0) is 46.4 Å². The van der Waals surface area contributed by atoms with E-state index in [-0.39, 0.29) is 167 Å². The number of ether oxygens (including phenoxy) is 1. The SMILES string of the molecule is CC(=O)c1c(N2CCS(=O)(=O)CC2)nc2c(-c3ccc(-c4ccccc4)nc3)cnn2c1N.CC(=O)c1c(N2CCS(=O)(=O)CC2)nc2c(-c3ccc(-c4ccn(C)c4)nc3)cnn2c1N.CC(=O)c1c(N2CCS(=O)(=O)CC2)nc2c(-c3ccn(-c4cccnc4)c3)cnn2c1N.COc1ncc(-c2cnn3c(N)c(C(C)=O)c(N4CCS(=O)(=O)CC4)nc23)cc1C. The molecule has 8 N–H and O–H groups in total. The summed E-state index contributed by atoms with van der Waals surface area (Å²) in [6, 6.07) is 27.3. The maximum Gasteiger partial charge on any atom is 0.215 e. The van der Waals surface area contributed by atoms with Gasteiger partial charge in [-0.2, -0.15) is 38.5 Å². The monoisotopic (exact) mass is 1810 g/mol. The van der Waals surface area contributed by atoms with E-state index >= 15 is 0 Å². The summed E-state index contributed by atoms with van der Waals surface area (Å²) in [5.74, 6) is 1.82. The summed E-state index contributed by atoms with van der Waals surface area (Å²) in [4.78, 5) is 93.5. The number of benzene rings is 1. The van der Waals surface area contributed by atoms with E-state index in [0.717, 1.165) is 72.7 Å². The first kappa shape index (κ1) is 87.0. The minimum Gasteiger partial charge on any atom is -0.481 e. The van der Waals surface area contributed by atoms with E-state index in [1.807, 2.05) is 148 Å². The van der Waals surface area contributed by atoms with Crippen molar-refractivity contribution in [1.29, 1.82) is 0 Å². The number of nitrogens with two attached hydrogens (primary N) is 4. The highest BCUT2D eigenvalue weighted by Crippen LogP contribution is 2.39. The Morgan fingerprint density at radius 1 is 0.375 bits per heavy atom. The van der Waals surface area contributed by atoms with Crippen molar-refractivity contribution in [2.75, 3.05) is 148 Å². The Hall–Kier alpha value is -14.5. The summed E-state index contributed by atoms with van der Waals surface area (Å²) < 4.78 is 110. The van der Waals surface area contributed by atoms with E-state index in [9.17, 15) is 52.8 Å². The van der Waals surface area contributed by atoms with Crippen molar-refractivity contribution in [2.45, 2.75) is 34.6 Å². The summed E-state index contributed by atoms with van der Waals surface area (Å²) in [5, 5.41) is 17.4. The number of nitrogen functional groups attached to an aromatic ring is 4.